The molecular formula is C15H12F5N3O4. The molecule has 0 radical (unpaired) electrons. The molecule has 0 saturated heterocycles. The Bertz CT molecular complexity index is 905. The number of nitrogens with zero attached hydrogens (tertiary/aromatic N) is 1. The van der Waals surface area contributed by atoms with Gasteiger partial charge in [0.1, 0.15) is 11.4 Å². The number of nitrogens with one attached hydrogen (secondary N) is 2. The number of alkyl halides is 5. The highest BCUT2D eigenvalue weighted by Crippen LogP contribution is 2.26. The first kappa shape index (κ1) is 20.1. The normalized spacial score (nSPS) is 11.5. The van der Waals surface area contributed by atoms with E-state index in [2.05, 4.69) is 10.1 Å². The summed E-state index contributed by atoms with van der Waals surface area (Å²) in [5.74, 6) is -1.53. The summed E-state index contributed by atoms with van der Waals surface area (Å²) in [6, 6.07) is 5.66. The van der Waals surface area contributed by atoms with Gasteiger partial charge in [-0.15, -0.1) is 13.2 Å². The standard InChI is InChI=1S/C15H12F5N3O4/c16-11(17)7-23-12(24)5-9(22-14(23)26)13(25)21-6-8-3-1-2-4-10(8)27-15(18,19)20/h1-5,11H,6-7H2,(H,21,25)(H,22,26). The van der Waals surface area contributed by atoms with Crippen LogP contribution in [0.4, 0.5) is 22.0 Å². The van der Waals surface area contributed by atoms with Gasteiger partial charge in [0.15, 0.2) is 0 Å². The van der Waals surface area contributed by atoms with Gasteiger partial charge in [-0.1, -0.05) is 18.2 Å². The molecule has 2 aromatic rings. The van der Waals surface area contributed by atoms with Gasteiger partial charge < -0.3 is 15.0 Å². The number of amides is 1. The maximum atomic E-state index is 12.4. The van der Waals surface area contributed by atoms with Crippen LogP contribution in [0.15, 0.2) is 39.9 Å². The van der Waals surface area contributed by atoms with Crippen LogP contribution in [0.25, 0.3) is 0 Å². The highest BCUT2D eigenvalue weighted by atomic mass is 19.4. The van der Waals surface area contributed by atoms with E-state index in [9.17, 15) is 36.3 Å². The number of carbonyl (C=O) groups excluding carboxylic acids is 1. The van der Waals surface area contributed by atoms with Crippen molar-refractivity contribution in [1.82, 2.24) is 14.9 Å². The van der Waals surface area contributed by atoms with E-state index < -0.39 is 54.5 Å². The van der Waals surface area contributed by atoms with Gasteiger partial charge in [-0.25, -0.2) is 13.6 Å². The number of H-pyrrole nitrogens is 1. The minimum absolute atomic E-state index is 0.0171. The monoisotopic (exact) mass is 393 g/mol. The molecule has 27 heavy (non-hydrogen) atoms. The van der Waals surface area contributed by atoms with E-state index in [4.69, 9.17) is 0 Å². The molecule has 0 aliphatic heterocycles. The first-order valence-corrected chi connectivity index (χ1v) is 7.31. The third-order valence-corrected chi connectivity index (χ3v) is 3.22. The number of hydrogen-bond acceptors (Lipinski definition) is 4. The van der Waals surface area contributed by atoms with Crippen LogP contribution in [0.5, 0.6) is 5.75 Å². The number of benzene rings is 1. The number of ether oxygens (including phenoxy) is 1. The van der Waals surface area contributed by atoms with Gasteiger partial charge in [0.25, 0.3) is 17.9 Å². The Hall–Kier alpha value is -3.18. The molecule has 0 atom stereocenters. The average molecular weight is 393 g/mol. The molecule has 1 aromatic heterocycles. The first-order chi connectivity index (χ1) is 12.6. The molecule has 0 unspecified atom stereocenters. The quantitative estimate of drug-likeness (QED) is 0.730. The van der Waals surface area contributed by atoms with Crippen molar-refractivity contribution in [2.75, 3.05) is 0 Å². The van der Waals surface area contributed by atoms with E-state index in [0.717, 1.165) is 6.07 Å². The summed E-state index contributed by atoms with van der Waals surface area (Å²) in [6.07, 6.45) is -7.88. The van der Waals surface area contributed by atoms with Crippen molar-refractivity contribution in [3.8, 4) is 5.75 Å². The molecule has 0 aliphatic carbocycles. The predicted octanol–water partition coefficient (Wildman–Crippen LogP) is 1.63. The maximum absolute atomic E-state index is 12.4. The van der Waals surface area contributed by atoms with Crippen LogP contribution in [0.2, 0.25) is 0 Å². The first-order valence-electron chi connectivity index (χ1n) is 7.31. The summed E-state index contributed by atoms with van der Waals surface area (Å²) in [5, 5.41) is 2.20. The highest BCUT2D eigenvalue weighted by Gasteiger charge is 2.32. The second-order valence-corrected chi connectivity index (χ2v) is 5.17. The molecule has 2 rings (SSSR count). The van der Waals surface area contributed by atoms with Crippen LogP contribution < -0.4 is 21.3 Å². The van der Waals surface area contributed by atoms with E-state index >= 15 is 0 Å². The van der Waals surface area contributed by atoms with E-state index in [1.54, 1.807) is 0 Å². The number of halogens is 5. The molecule has 0 spiro atoms. The average Bonchev–Trinajstić information content (AvgIpc) is 2.55. The molecule has 12 heteroatoms. The third kappa shape index (κ3) is 5.66. The van der Waals surface area contributed by atoms with Crippen molar-refractivity contribution in [3.63, 3.8) is 0 Å². The Morgan fingerprint density at radius 2 is 1.89 bits per heavy atom. The van der Waals surface area contributed by atoms with Crippen molar-refractivity contribution in [1.29, 1.82) is 0 Å². The lowest BCUT2D eigenvalue weighted by molar-refractivity contribution is -0.274. The molecule has 7 nitrogen and oxygen atoms in total. The van der Waals surface area contributed by atoms with Crippen molar-refractivity contribution >= 4 is 5.91 Å². The van der Waals surface area contributed by atoms with Gasteiger partial charge in [-0.2, -0.15) is 0 Å². The fourth-order valence-corrected chi connectivity index (χ4v) is 2.10. The van der Waals surface area contributed by atoms with E-state index in [1.165, 1.54) is 18.2 Å². The highest BCUT2D eigenvalue weighted by molar-refractivity contribution is 5.92. The summed E-state index contributed by atoms with van der Waals surface area (Å²) < 4.78 is 65.8. The van der Waals surface area contributed by atoms with Gasteiger partial charge in [0.2, 0.25) is 0 Å². The molecule has 2 N–H and O–H groups in total. The molecule has 1 aromatic carbocycles. The van der Waals surface area contributed by atoms with Crippen LogP contribution in [-0.4, -0.2) is 28.2 Å². The Morgan fingerprint density at radius 3 is 2.48 bits per heavy atom. The maximum Gasteiger partial charge on any atom is 0.573 e. The molecule has 0 bridgehead atoms. The van der Waals surface area contributed by atoms with Gasteiger partial charge in [-0.3, -0.25) is 14.2 Å². The third-order valence-electron chi connectivity index (χ3n) is 3.22. The topological polar surface area (TPSA) is 93.2 Å². The van der Waals surface area contributed by atoms with Crippen LogP contribution in [0, 0.1) is 0 Å². The van der Waals surface area contributed by atoms with Crippen LogP contribution in [-0.2, 0) is 13.1 Å². The molecule has 1 heterocycles. The van der Waals surface area contributed by atoms with Crippen molar-refractivity contribution in [3.05, 3.63) is 62.4 Å². The second kappa shape index (κ2) is 8.01. The van der Waals surface area contributed by atoms with E-state index in [-0.39, 0.29) is 10.1 Å². The van der Waals surface area contributed by atoms with Crippen LogP contribution >= 0.6 is 0 Å². The summed E-state index contributed by atoms with van der Waals surface area (Å²) in [5.41, 5.74) is -2.87. The molecule has 0 fully saturated rings. The largest absolute Gasteiger partial charge is 0.573 e. The molecular weight excluding hydrogens is 381 g/mol. The van der Waals surface area contributed by atoms with Crippen molar-refractivity contribution in [2.45, 2.75) is 25.9 Å². The number of hydrogen-bond donors (Lipinski definition) is 2. The van der Waals surface area contributed by atoms with E-state index in [0.29, 0.717) is 6.07 Å². The van der Waals surface area contributed by atoms with Gasteiger partial charge >= 0.3 is 12.1 Å². The Balaban J connectivity index is 2.16. The SMILES string of the molecule is O=C(NCc1ccccc1OC(F)(F)F)c1cc(=O)n(CC(F)F)c(=O)[nH]1. The predicted molar refractivity (Wildman–Crippen MR) is 81.6 cm³/mol. The zero-order valence-corrected chi connectivity index (χ0v) is 13.3. The Labute approximate surface area is 147 Å². The minimum atomic E-state index is -4.93. The number of rotatable bonds is 6. The molecule has 0 saturated carbocycles. The molecule has 146 valence electrons. The van der Waals surface area contributed by atoms with Crippen LogP contribution in [0.1, 0.15) is 16.1 Å². The summed E-state index contributed by atoms with van der Waals surface area (Å²) in [6.45, 7) is -1.55. The minimum Gasteiger partial charge on any atom is -0.405 e. The zero-order valence-electron chi connectivity index (χ0n) is 13.3. The second-order valence-electron chi connectivity index (χ2n) is 5.17. The van der Waals surface area contributed by atoms with Crippen molar-refractivity contribution in [2.24, 2.45) is 0 Å². The number of para-hydroxylation sites is 1. The summed E-state index contributed by atoms with van der Waals surface area (Å²) in [7, 11) is 0. The lowest BCUT2D eigenvalue weighted by Crippen LogP contribution is -2.39. The van der Waals surface area contributed by atoms with Crippen LogP contribution in [0.3, 0.4) is 0 Å². The summed E-state index contributed by atoms with van der Waals surface area (Å²) >= 11 is 0. The zero-order chi connectivity index (χ0) is 20.2. The van der Waals surface area contributed by atoms with Gasteiger partial charge in [0, 0.05) is 18.2 Å². The van der Waals surface area contributed by atoms with E-state index in [1.807, 2.05) is 4.98 Å². The molecule has 0 aliphatic rings. The number of carbonyl (C=O) groups is 1. The fraction of sp³-hybridized carbons (Fsp3) is 0.267. The number of aromatic amines is 1. The lowest BCUT2D eigenvalue weighted by atomic mass is 10.2. The van der Waals surface area contributed by atoms with Crippen molar-refractivity contribution < 1.29 is 31.5 Å². The fourth-order valence-electron chi connectivity index (χ4n) is 2.10. The Kier molecular flexibility index (Phi) is 5.98. The number of aromatic nitrogens is 2. The van der Waals surface area contributed by atoms with Gasteiger partial charge in [0.05, 0.1) is 6.54 Å². The Morgan fingerprint density at radius 1 is 1.22 bits per heavy atom. The lowest BCUT2D eigenvalue weighted by Gasteiger charge is -2.13. The van der Waals surface area contributed by atoms with Gasteiger partial charge in [-0.05, 0) is 6.07 Å². The molecule has 1 amide bonds. The summed E-state index contributed by atoms with van der Waals surface area (Å²) in [4.78, 5) is 37.3. The smallest absolute Gasteiger partial charge is 0.405 e.